The van der Waals surface area contributed by atoms with Crippen LogP contribution in [0.25, 0.3) is 0 Å². The van der Waals surface area contributed by atoms with E-state index in [1.54, 1.807) is 0 Å². The minimum Gasteiger partial charge on any atom is -0.297 e. The Morgan fingerprint density at radius 3 is 1.93 bits per heavy atom. The molecule has 4 heteroatoms. The summed E-state index contributed by atoms with van der Waals surface area (Å²) in [4.78, 5) is 2.68. The third-order valence-corrected chi connectivity index (χ3v) is 5.89. The monoisotopic (exact) mass is 385 g/mol. The number of halogens is 1. The second kappa shape index (κ2) is 10.2. The molecule has 0 aromatic heterocycles. The molecule has 0 radical (unpaired) electrons. The van der Waals surface area contributed by atoms with Gasteiger partial charge in [-0.2, -0.15) is 0 Å². The van der Waals surface area contributed by atoms with Crippen LogP contribution in [0.2, 0.25) is 5.02 Å². The molecular weight excluding hydrogens is 354 g/mol. The van der Waals surface area contributed by atoms with Crippen molar-refractivity contribution in [2.24, 2.45) is 0 Å². The maximum absolute atomic E-state index is 6.08. The van der Waals surface area contributed by atoms with Crippen LogP contribution in [-0.2, 0) is 12.8 Å². The molecule has 3 nitrogen and oxygen atoms in total. The number of hydrogen-bond acceptors (Lipinski definition) is 3. The van der Waals surface area contributed by atoms with Gasteiger partial charge in [-0.1, -0.05) is 67.9 Å². The molecule has 1 fully saturated rings. The molecule has 1 atom stereocenters. The third kappa shape index (κ3) is 5.79. The largest absolute Gasteiger partial charge is 0.297 e. The highest BCUT2D eigenvalue weighted by Crippen LogP contribution is 2.19. The lowest BCUT2D eigenvalue weighted by molar-refractivity contribution is -0.0577. The fraction of sp³-hybridized carbons (Fsp3) is 0.478. The van der Waals surface area contributed by atoms with Crippen molar-refractivity contribution in [3.63, 3.8) is 0 Å². The Bertz CT molecular complexity index is 662. The molecule has 0 bridgehead atoms. The van der Waals surface area contributed by atoms with Crippen molar-refractivity contribution in [2.75, 3.05) is 39.3 Å². The summed E-state index contributed by atoms with van der Waals surface area (Å²) < 4.78 is 0. The average molecular weight is 386 g/mol. The molecule has 0 saturated carbocycles. The summed E-state index contributed by atoms with van der Waals surface area (Å²) in [5.41, 5.74) is 2.79. The van der Waals surface area contributed by atoms with Gasteiger partial charge in [0, 0.05) is 50.3 Å². The number of rotatable bonds is 8. The van der Waals surface area contributed by atoms with Gasteiger partial charge < -0.3 is 0 Å². The van der Waals surface area contributed by atoms with Crippen molar-refractivity contribution in [2.45, 2.75) is 32.7 Å². The Morgan fingerprint density at radius 2 is 1.37 bits per heavy atom. The van der Waals surface area contributed by atoms with Crippen LogP contribution in [0, 0.1) is 0 Å². The van der Waals surface area contributed by atoms with E-state index in [9.17, 15) is 0 Å². The van der Waals surface area contributed by atoms with Crippen LogP contribution in [0.1, 0.15) is 25.0 Å². The highest BCUT2D eigenvalue weighted by atomic mass is 35.5. The number of benzene rings is 2. The Labute approximate surface area is 169 Å². The van der Waals surface area contributed by atoms with Crippen LogP contribution in [0.4, 0.5) is 0 Å². The summed E-state index contributed by atoms with van der Waals surface area (Å²) in [5.74, 6) is 0. The predicted octanol–water partition coefficient (Wildman–Crippen LogP) is 4.37. The molecule has 3 rings (SSSR count). The summed E-state index contributed by atoms with van der Waals surface area (Å²) >= 11 is 6.08. The standard InChI is InChI=1S/C23H32ClN3/c1-3-26(4-2)27-16-14-25(15-17-27)23(18-20-8-6-5-7-9-20)19-21-10-12-22(24)13-11-21/h5-13,23H,3-4,14-19H2,1-2H3. The van der Waals surface area contributed by atoms with Gasteiger partial charge in [0.1, 0.15) is 0 Å². The molecule has 1 aliphatic rings. The number of hydrazine groups is 1. The van der Waals surface area contributed by atoms with Crippen LogP contribution in [0.5, 0.6) is 0 Å². The van der Waals surface area contributed by atoms with Gasteiger partial charge in [0.25, 0.3) is 0 Å². The number of nitrogens with zero attached hydrogens (tertiary/aromatic N) is 3. The molecule has 146 valence electrons. The summed E-state index contributed by atoms with van der Waals surface area (Å²) in [6.07, 6.45) is 2.16. The lowest BCUT2D eigenvalue weighted by Gasteiger charge is -2.43. The number of hydrogen-bond donors (Lipinski definition) is 0. The minimum atomic E-state index is 0.521. The van der Waals surface area contributed by atoms with E-state index in [4.69, 9.17) is 11.6 Å². The van der Waals surface area contributed by atoms with Gasteiger partial charge in [-0.05, 0) is 36.1 Å². The number of piperazine rings is 1. The average Bonchev–Trinajstić information content (AvgIpc) is 2.71. The predicted molar refractivity (Wildman–Crippen MR) is 115 cm³/mol. The first kappa shape index (κ1) is 20.3. The van der Waals surface area contributed by atoms with Gasteiger partial charge in [0.2, 0.25) is 0 Å². The second-order valence-electron chi connectivity index (χ2n) is 7.30. The zero-order chi connectivity index (χ0) is 19.1. The third-order valence-electron chi connectivity index (χ3n) is 5.64. The SMILES string of the molecule is CCN(CC)N1CCN(C(Cc2ccccc2)Cc2ccc(Cl)cc2)CC1. The molecule has 2 aromatic rings. The molecule has 0 aliphatic carbocycles. The maximum atomic E-state index is 6.08. The van der Waals surface area contributed by atoms with E-state index in [0.29, 0.717) is 6.04 Å². The van der Waals surface area contributed by atoms with E-state index in [0.717, 1.165) is 57.1 Å². The van der Waals surface area contributed by atoms with Gasteiger partial charge in [-0.15, -0.1) is 0 Å². The summed E-state index contributed by atoms with van der Waals surface area (Å²) in [6.45, 7) is 11.2. The highest BCUT2D eigenvalue weighted by molar-refractivity contribution is 6.30. The van der Waals surface area contributed by atoms with Crippen molar-refractivity contribution in [1.29, 1.82) is 0 Å². The Morgan fingerprint density at radius 1 is 0.815 bits per heavy atom. The molecule has 0 N–H and O–H groups in total. The highest BCUT2D eigenvalue weighted by Gasteiger charge is 2.26. The summed E-state index contributed by atoms with van der Waals surface area (Å²) in [6, 6.07) is 19.8. The van der Waals surface area contributed by atoms with E-state index in [-0.39, 0.29) is 0 Å². The fourth-order valence-corrected chi connectivity index (χ4v) is 4.22. The molecule has 1 saturated heterocycles. The van der Waals surface area contributed by atoms with Crippen molar-refractivity contribution < 1.29 is 0 Å². The van der Waals surface area contributed by atoms with Crippen molar-refractivity contribution in [3.05, 3.63) is 70.7 Å². The smallest absolute Gasteiger partial charge is 0.0406 e. The summed E-state index contributed by atoms with van der Waals surface area (Å²) in [7, 11) is 0. The molecule has 27 heavy (non-hydrogen) atoms. The fourth-order valence-electron chi connectivity index (χ4n) is 4.09. The van der Waals surface area contributed by atoms with Gasteiger partial charge in [-0.25, -0.2) is 10.0 Å². The first-order valence-electron chi connectivity index (χ1n) is 10.2. The van der Waals surface area contributed by atoms with E-state index in [1.165, 1.54) is 11.1 Å². The Balaban J connectivity index is 1.69. The molecule has 2 aromatic carbocycles. The van der Waals surface area contributed by atoms with Gasteiger partial charge in [-0.3, -0.25) is 4.90 Å². The minimum absolute atomic E-state index is 0.521. The van der Waals surface area contributed by atoms with E-state index < -0.39 is 0 Å². The topological polar surface area (TPSA) is 9.72 Å². The van der Waals surface area contributed by atoms with Crippen molar-refractivity contribution in [1.82, 2.24) is 14.9 Å². The van der Waals surface area contributed by atoms with E-state index in [2.05, 4.69) is 71.2 Å². The van der Waals surface area contributed by atoms with Gasteiger partial charge in [0.15, 0.2) is 0 Å². The van der Waals surface area contributed by atoms with Crippen LogP contribution < -0.4 is 0 Å². The van der Waals surface area contributed by atoms with E-state index in [1.807, 2.05) is 12.1 Å². The summed E-state index contributed by atoms with van der Waals surface area (Å²) in [5, 5.41) is 5.80. The lowest BCUT2D eigenvalue weighted by Crippen LogP contribution is -2.56. The molecule has 0 spiro atoms. The van der Waals surface area contributed by atoms with Crippen LogP contribution in [0.15, 0.2) is 54.6 Å². The first-order chi connectivity index (χ1) is 13.2. The van der Waals surface area contributed by atoms with Gasteiger partial charge >= 0.3 is 0 Å². The maximum Gasteiger partial charge on any atom is 0.0406 e. The van der Waals surface area contributed by atoms with Gasteiger partial charge in [0.05, 0.1) is 0 Å². The van der Waals surface area contributed by atoms with E-state index >= 15 is 0 Å². The molecule has 1 heterocycles. The molecule has 1 aliphatic heterocycles. The Hall–Kier alpha value is -1.39. The molecular formula is C23H32ClN3. The zero-order valence-electron chi connectivity index (χ0n) is 16.6. The van der Waals surface area contributed by atoms with Crippen molar-refractivity contribution in [3.8, 4) is 0 Å². The first-order valence-corrected chi connectivity index (χ1v) is 10.6. The van der Waals surface area contributed by atoms with Crippen LogP contribution >= 0.6 is 11.6 Å². The van der Waals surface area contributed by atoms with Crippen LogP contribution in [-0.4, -0.2) is 60.2 Å². The van der Waals surface area contributed by atoms with Crippen LogP contribution in [0.3, 0.4) is 0 Å². The Kier molecular flexibility index (Phi) is 7.71. The molecule has 0 amide bonds. The zero-order valence-corrected chi connectivity index (χ0v) is 17.4. The normalized spacial score (nSPS) is 17.3. The van der Waals surface area contributed by atoms with Crippen molar-refractivity contribution >= 4 is 11.6 Å². The lowest BCUT2D eigenvalue weighted by atomic mass is 9.97. The molecule has 1 unspecified atom stereocenters. The quantitative estimate of drug-likeness (QED) is 0.668. The second-order valence-corrected chi connectivity index (χ2v) is 7.74.